The number of hydrogen-bond acceptors (Lipinski definition) is 2. The van der Waals surface area contributed by atoms with Crippen LogP contribution in [0.1, 0.15) is 19.3 Å². The molecule has 104 valence electrons. The number of carbonyl (C=O) groups is 1. The molecular weight excluding hydrogens is 240 g/mol. The Morgan fingerprint density at radius 1 is 1.32 bits per heavy atom. The van der Waals surface area contributed by atoms with Crippen LogP contribution in [-0.4, -0.2) is 42.8 Å². The molecule has 4 heteroatoms. The molecule has 1 amide bonds. The van der Waals surface area contributed by atoms with Gasteiger partial charge in [0.25, 0.3) is 0 Å². The van der Waals surface area contributed by atoms with E-state index in [9.17, 15) is 4.79 Å². The summed E-state index contributed by atoms with van der Waals surface area (Å²) in [6.45, 7) is 2.41. The van der Waals surface area contributed by atoms with E-state index in [1.807, 2.05) is 6.07 Å². The van der Waals surface area contributed by atoms with Crippen molar-refractivity contribution >= 4 is 11.8 Å². The lowest BCUT2D eigenvalue weighted by molar-refractivity contribution is 0.123. The lowest BCUT2D eigenvalue weighted by Crippen LogP contribution is -2.38. The Labute approximate surface area is 114 Å². The van der Waals surface area contributed by atoms with Crippen LogP contribution in [0.2, 0.25) is 0 Å². The number of piperidine rings is 1. The maximum absolute atomic E-state index is 10.8. The first kappa shape index (κ1) is 13.7. The molecule has 0 aromatic heterocycles. The van der Waals surface area contributed by atoms with Crippen molar-refractivity contribution in [3.8, 4) is 0 Å². The lowest BCUT2D eigenvalue weighted by atomic mass is 9.93. The summed E-state index contributed by atoms with van der Waals surface area (Å²) in [6, 6.07) is 10.4. The predicted octanol–water partition coefficient (Wildman–Crippen LogP) is 2.90. The average molecular weight is 262 g/mol. The van der Waals surface area contributed by atoms with Crippen molar-refractivity contribution in [2.45, 2.75) is 19.3 Å². The molecule has 0 unspecified atom stereocenters. The number of anilines is 1. The number of carboxylic acid groups (broad SMARTS) is 1. The van der Waals surface area contributed by atoms with Gasteiger partial charge in [0.15, 0.2) is 0 Å². The van der Waals surface area contributed by atoms with Gasteiger partial charge in [-0.25, -0.2) is 4.79 Å². The Balaban J connectivity index is 1.73. The SMILES string of the molecule is CN(CCC1CCN(C(=O)O)CC1)c1ccccc1. The molecule has 0 aliphatic carbocycles. The minimum atomic E-state index is -0.778. The van der Waals surface area contributed by atoms with Gasteiger partial charge in [0.1, 0.15) is 0 Å². The fraction of sp³-hybridized carbons (Fsp3) is 0.533. The third-order valence-corrected chi connectivity index (χ3v) is 3.95. The molecule has 0 saturated carbocycles. The summed E-state index contributed by atoms with van der Waals surface area (Å²) >= 11 is 0. The summed E-state index contributed by atoms with van der Waals surface area (Å²) < 4.78 is 0. The molecule has 1 aliphatic heterocycles. The van der Waals surface area contributed by atoms with Gasteiger partial charge < -0.3 is 14.9 Å². The van der Waals surface area contributed by atoms with Crippen molar-refractivity contribution in [1.82, 2.24) is 4.90 Å². The van der Waals surface area contributed by atoms with E-state index in [1.54, 1.807) is 0 Å². The Bertz CT molecular complexity index is 400. The standard InChI is InChI=1S/C15H22N2O2/c1-16(14-5-3-2-4-6-14)10-7-13-8-11-17(12-9-13)15(18)19/h2-6,13H,7-12H2,1H3,(H,18,19). The van der Waals surface area contributed by atoms with Crippen LogP contribution >= 0.6 is 0 Å². The van der Waals surface area contributed by atoms with Gasteiger partial charge >= 0.3 is 6.09 Å². The fourth-order valence-electron chi connectivity index (χ4n) is 2.60. The first-order valence-electron chi connectivity index (χ1n) is 6.91. The minimum absolute atomic E-state index is 0.654. The van der Waals surface area contributed by atoms with Gasteiger partial charge in [-0.1, -0.05) is 18.2 Å². The minimum Gasteiger partial charge on any atom is -0.465 e. The maximum Gasteiger partial charge on any atom is 0.407 e. The highest BCUT2D eigenvalue weighted by Gasteiger charge is 2.22. The summed E-state index contributed by atoms with van der Waals surface area (Å²) in [5.41, 5.74) is 1.24. The van der Waals surface area contributed by atoms with E-state index in [1.165, 1.54) is 10.6 Å². The van der Waals surface area contributed by atoms with Crippen LogP contribution in [0.3, 0.4) is 0 Å². The number of benzene rings is 1. The van der Waals surface area contributed by atoms with Crippen LogP contribution in [0.5, 0.6) is 0 Å². The Hall–Kier alpha value is -1.71. The zero-order valence-electron chi connectivity index (χ0n) is 11.5. The molecule has 1 fully saturated rings. The third-order valence-electron chi connectivity index (χ3n) is 3.95. The third kappa shape index (κ3) is 3.88. The van der Waals surface area contributed by atoms with E-state index in [0.717, 1.165) is 25.8 Å². The van der Waals surface area contributed by atoms with Gasteiger partial charge in [-0.2, -0.15) is 0 Å². The second-order valence-corrected chi connectivity index (χ2v) is 5.26. The topological polar surface area (TPSA) is 43.8 Å². The van der Waals surface area contributed by atoms with Crippen molar-refractivity contribution < 1.29 is 9.90 Å². The average Bonchev–Trinajstić information content (AvgIpc) is 2.46. The van der Waals surface area contributed by atoms with Crippen molar-refractivity contribution in [3.63, 3.8) is 0 Å². The van der Waals surface area contributed by atoms with E-state index in [-0.39, 0.29) is 0 Å². The number of nitrogens with zero attached hydrogens (tertiary/aromatic N) is 2. The first-order chi connectivity index (χ1) is 9.16. The van der Waals surface area contributed by atoms with Crippen LogP contribution in [0, 0.1) is 5.92 Å². The molecule has 0 spiro atoms. The Kier molecular flexibility index (Phi) is 4.66. The molecule has 1 aromatic rings. The number of para-hydroxylation sites is 1. The molecule has 4 nitrogen and oxygen atoms in total. The Morgan fingerprint density at radius 2 is 1.95 bits per heavy atom. The van der Waals surface area contributed by atoms with Crippen molar-refractivity contribution in [3.05, 3.63) is 30.3 Å². The van der Waals surface area contributed by atoms with E-state index in [2.05, 4.69) is 36.2 Å². The normalized spacial score (nSPS) is 16.4. The number of amides is 1. The summed E-state index contributed by atoms with van der Waals surface area (Å²) in [6.07, 6.45) is 2.35. The lowest BCUT2D eigenvalue weighted by Gasteiger charge is -2.31. The second-order valence-electron chi connectivity index (χ2n) is 5.26. The van der Waals surface area contributed by atoms with E-state index in [4.69, 9.17) is 5.11 Å². The molecule has 1 N–H and O–H groups in total. The summed E-state index contributed by atoms with van der Waals surface area (Å²) in [5.74, 6) is 0.654. The summed E-state index contributed by atoms with van der Waals surface area (Å²) in [5, 5.41) is 8.91. The van der Waals surface area contributed by atoms with Gasteiger partial charge in [-0.3, -0.25) is 0 Å². The maximum atomic E-state index is 10.8. The second kappa shape index (κ2) is 6.45. The van der Waals surface area contributed by atoms with Crippen molar-refractivity contribution in [2.24, 2.45) is 5.92 Å². The van der Waals surface area contributed by atoms with Gasteiger partial charge in [-0.15, -0.1) is 0 Å². The molecule has 1 aliphatic rings. The highest BCUT2D eigenvalue weighted by molar-refractivity contribution is 5.64. The van der Waals surface area contributed by atoms with Gasteiger partial charge in [-0.05, 0) is 37.3 Å². The van der Waals surface area contributed by atoms with Crippen LogP contribution in [0.4, 0.5) is 10.5 Å². The number of hydrogen-bond donors (Lipinski definition) is 1. The van der Waals surface area contributed by atoms with Gasteiger partial charge in [0, 0.05) is 32.4 Å². The first-order valence-corrected chi connectivity index (χ1v) is 6.91. The molecule has 1 saturated heterocycles. The molecule has 19 heavy (non-hydrogen) atoms. The van der Waals surface area contributed by atoms with E-state index >= 15 is 0 Å². The highest BCUT2D eigenvalue weighted by atomic mass is 16.4. The Morgan fingerprint density at radius 3 is 2.53 bits per heavy atom. The fourth-order valence-corrected chi connectivity index (χ4v) is 2.60. The zero-order valence-corrected chi connectivity index (χ0v) is 11.5. The van der Waals surface area contributed by atoms with Gasteiger partial charge in [0.2, 0.25) is 0 Å². The highest BCUT2D eigenvalue weighted by Crippen LogP contribution is 2.22. The molecular formula is C15H22N2O2. The van der Waals surface area contributed by atoms with Crippen molar-refractivity contribution in [1.29, 1.82) is 0 Å². The smallest absolute Gasteiger partial charge is 0.407 e. The van der Waals surface area contributed by atoms with Gasteiger partial charge in [0.05, 0.1) is 0 Å². The molecule has 2 rings (SSSR count). The number of rotatable bonds is 4. The van der Waals surface area contributed by atoms with Crippen molar-refractivity contribution in [2.75, 3.05) is 31.6 Å². The monoisotopic (exact) mass is 262 g/mol. The predicted molar refractivity (Wildman–Crippen MR) is 76.7 cm³/mol. The van der Waals surface area contributed by atoms with Crippen LogP contribution in [0.25, 0.3) is 0 Å². The molecule has 0 radical (unpaired) electrons. The van der Waals surface area contributed by atoms with Crippen LogP contribution < -0.4 is 4.90 Å². The zero-order chi connectivity index (χ0) is 13.7. The molecule has 0 bridgehead atoms. The molecule has 1 aromatic carbocycles. The largest absolute Gasteiger partial charge is 0.465 e. The van der Waals surface area contributed by atoms with E-state index < -0.39 is 6.09 Å². The van der Waals surface area contributed by atoms with Crippen LogP contribution in [0.15, 0.2) is 30.3 Å². The quantitative estimate of drug-likeness (QED) is 0.907. The van der Waals surface area contributed by atoms with Crippen LogP contribution in [-0.2, 0) is 0 Å². The molecule has 0 atom stereocenters. The van der Waals surface area contributed by atoms with E-state index in [0.29, 0.717) is 19.0 Å². The summed E-state index contributed by atoms with van der Waals surface area (Å²) in [7, 11) is 2.11. The number of likely N-dealkylation sites (tertiary alicyclic amines) is 1. The molecule has 1 heterocycles. The summed E-state index contributed by atoms with van der Waals surface area (Å²) in [4.78, 5) is 14.6.